The lowest BCUT2D eigenvalue weighted by Gasteiger charge is -2.15. The number of carbonyl (C=O) groups excluding carboxylic acids is 2. The molecule has 0 aliphatic heterocycles. The highest BCUT2D eigenvalue weighted by Crippen LogP contribution is 2.17. The molecule has 0 saturated heterocycles. The van der Waals surface area contributed by atoms with Crippen LogP contribution in [0.15, 0.2) is 41.2 Å². The fourth-order valence-electron chi connectivity index (χ4n) is 1.95. The Morgan fingerprint density at radius 3 is 2.61 bits per heavy atom. The van der Waals surface area contributed by atoms with Gasteiger partial charge in [-0.3, -0.25) is 9.59 Å². The average molecular weight is 314 g/mol. The third-order valence-electron chi connectivity index (χ3n) is 3.29. The van der Waals surface area contributed by atoms with E-state index in [1.807, 2.05) is 32.0 Å². The molecule has 6 nitrogen and oxygen atoms in total. The Labute approximate surface area is 133 Å². The van der Waals surface area contributed by atoms with Crippen LogP contribution in [0.1, 0.15) is 28.5 Å². The number of pyridine rings is 1. The summed E-state index contributed by atoms with van der Waals surface area (Å²) >= 11 is 0. The highest BCUT2D eigenvalue weighted by Gasteiger charge is 2.20. The van der Waals surface area contributed by atoms with Crippen LogP contribution in [0.3, 0.4) is 0 Å². The first kappa shape index (κ1) is 16.5. The van der Waals surface area contributed by atoms with Gasteiger partial charge in [0.05, 0.1) is 0 Å². The van der Waals surface area contributed by atoms with E-state index < -0.39 is 23.5 Å². The van der Waals surface area contributed by atoms with Crippen LogP contribution in [0.2, 0.25) is 0 Å². The first-order valence-corrected chi connectivity index (χ1v) is 7.15. The lowest BCUT2D eigenvalue weighted by Crippen LogP contribution is -2.30. The van der Waals surface area contributed by atoms with Crippen molar-refractivity contribution in [3.05, 3.63) is 63.6 Å². The van der Waals surface area contributed by atoms with Gasteiger partial charge in [-0.1, -0.05) is 18.2 Å². The van der Waals surface area contributed by atoms with Crippen molar-refractivity contribution in [2.45, 2.75) is 26.9 Å². The Bertz CT molecular complexity index is 795. The van der Waals surface area contributed by atoms with Gasteiger partial charge < -0.3 is 15.0 Å². The molecule has 2 rings (SSSR count). The molecule has 0 unspecified atom stereocenters. The van der Waals surface area contributed by atoms with Crippen LogP contribution in [0.25, 0.3) is 0 Å². The lowest BCUT2D eigenvalue weighted by atomic mass is 10.1. The number of aromatic amines is 1. The molecule has 2 aromatic rings. The van der Waals surface area contributed by atoms with E-state index in [-0.39, 0.29) is 5.69 Å². The molecule has 0 fully saturated rings. The number of aromatic nitrogens is 1. The third kappa shape index (κ3) is 4.29. The monoisotopic (exact) mass is 314 g/mol. The van der Waals surface area contributed by atoms with Gasteiger partial charge in [-0.2, -0.15) is 0 Å². The summed E-state index contributed by atoms with van der Waals surface area (Å²) in [6.45, 7) is 5.27. The lowest BCUT2D eigenvalue weighted by molar-refractivity contribution is -0.123. The summed E-state index contributed by atoms with van der Waals surface area (Å²) in [5.74, 6) is -1.20. The van der Waals surface area contributed by atoms with E-state index in [1.54, 1.807) is 0 Å². The van der Waals surface area contributed by atoms with Crippen molar-refractivity contribution in [2.24, 2.45) is 0 Å². The number of esters is 1. The minimum Gasteiger partial charge on any atom is -0.448 e. The molecule has 0 radical (unpaired) electrons. The van der Waals surface area contributed by atoms with Crippen molar-refractivity contribution in [3.63, 3.8) is 0 Å². The Balaban J connectivity index is 2.04. The highest BCUT2D eigenvalue weighted by atomic mass is 16.5. The molecule has 1 aromatic carbocycles. The molecule has 0 bridgehead atoms. The quantitative estimate of drug-likeness (QED) is 0.847. The van der Waals surface area contributed by atoms with Crippen molar-refractivity contribution in [2.75, 3.05) is 5.32 Å². The van der Waals surface area contributed by atoms with Crippen molar-refractivity contribution in [1.29, 1.82) is 0 Å². The highest BCUT2D eigenvalue weighted by molar-refractivity contribution is 5.97. The molecule has 1 heterocycles. The van der Waals surface area contributed by atoms with Crippen molar-refractivity contribution >= 4 is 17.6 Å². The summed E-state index contributed by atoms with van der Waals surface area (Å²) < 4.78 is 5.07. The van der Waals surface area contributed by atoms with Crippen molar-refractivity contribution < 1.29 is 14.3 Å². The normalized spacial score (nSPS) is 11.6. The number of ether oxygens (including phenoxy) is 1. The molecule has 0 spiro atoms. The van der Waals surface area contributed by atoms with Crippen molar-refractivity contribution in [3.8, 4) is 0 Å². The van der Waals surface area contributed by atoms with Crippen molar-refractivity contribution in [1.82, 2.24) is 4.98 Å². The van der Waals surface area contributed by atoms with Crippen LogP contribution in [-0.2, 0) is 9.53 Å². The maximum atomic E-state index is 12.1. The number of hydrogen-bond acceptors (Lipinski definition) is 4. The van der Waals surface area contributed by atoms with Gasteiger partial charge in [0.15, 0.2) is 6.10 Å². The standard InChI is InChI=1S/C17H18N2O4/c1-10-7-8-11(2)14(9-10)19-16(21)12(3)23-17(22)13-5-4-6-15(20)18-13/h4-9,12H,1-3H3,(H,18,20)(H,19,21)/t12-/m1/s1. The van der Waals surface area contributed by atoms with Crippen LogP contribution in [0.5, 0.6) is 0 Å². The fourth-order valence-corrected chi connectivity index (χ4v) is 1.95. The number of nitrogens with one attached hydrogen (secondary N) is 2. The first-order valence-electron chi connectivity index (χ1n) is 7.15. The fraction of sp³-hybridized carbons (Fsp3) is 0.235. The summed E-state index contributed by atoms with van der Waals surface area (Å²) in [5.41, 5.74) is 2.19. The van der Waals surface area contributed by atoms with E-state index >= 15 is 0 Å². The van der Waals surface area contributed by atoms with Crippen LogP contribution >= 0.6 is 0 Å². The topological polar surface area (TPSA) is 88.3 Å². The molecule has 1 atom stereocenters. The minimum absolute atomic E-state index is 0.00360. The second kappa shape index (κ2) is 6.91. The van der Waals surface area contributed by atoms with Crippen LogP contribution in [0, 0.1) is 13.8 Å². The zero-order chi connectivity index (χ0) is 17.0. The van der Waals surface area contributed by atoms with Gasteiger partial charge in [-0.15, -0.1) is 0 Å². The molecular weight excluding hydrogens is 296 g/mol. The number of aryl methyl sites for hydroxylation is 2. The maximum Gasteiger partial charge on any atom is 0.355 e. The Morgan fingerprint density at radius 2 is 1.91 bits per heavy atom. The largest absolute Gasteiger partial charge is 0.448 e. The molecule has 120 valence electrons. The van der Waals surface area contributed by atoms with Gasteiger partial charge in [0.1, 0.15) is 5.69 Å². The number of anilines is 1. The van der Waals surface area contributed by atoms with Crippen LogP contribution in [0.4, 0.5) is 5.69 Å². The van der Waals surface area contributed by atoms with Gasteiger partial charge in [-0.05, 0) is 44.0 Å². The van der Waals surface area contributed by atoms with E-state index in [9.17, 15) is 14.4 Å². The van der Waals surface area contributed by atoms with E-state index in [4.69, 9.17) is 4.74 Å². The Hall–Kier alpha value is -2.89. The van der Waals surface area contributed by atoms with Crippen LogP contribution in [-0.4, -0.2) is 23.0 Å². The number of H-pyrrole nitrogens is 1. The second-order valence-corrected chi connectivity index (χ2v) is 5.28. The van der Waals surface area contributed by atoms with E-state index in [2.05, 4.69) is 10.3 Å². The Kier molecular flexibility index (Phi) is 4.95. The predicted molar refractivity (Wildman–Crippen MR) is 86.5 cm³/mol. The van der Waals surface area contributed by atoms with Crippen LogP contribution < -0.4 is 10.9 Å². The van der Waals surface area contributed by atoms with Gasteiger partial charge in [0.2, 0.25) is 5.56 Å². The molecule has 6 heteroatoms. The summed E-state index contributed by atoms with van der Waals surface area (Å²) in [6.07, 6.45) is -0.994. The number of hydrogen-bond donors (Lipinski definition) is 2. The molecular formula is C17H18N2O4. The summed E-state index contributed by atoms with van der Waals surface area (Å²) in [5, 5.41) is 2.73. The smallest absolute Gasteiger partial charge is 0.355 e. The SMILES string of the molecule is Cc1ccc(C)c(NC(=O)[C@@H](C)OC(=O)c2cccc(=O)[nH]2)c1. The zero-order valence-corrected chi connectivity index (χ0v) is 13.2. The molecule has 1 aromatic heterocycles. The number of carbonyl (C=O) groups is 2. The van der Waals surface area contributed by atoms with Gasteiger partial charge in [-0.25, -0.2) is 4.79 Å². The van der Waals surface area contributed by atoms with E-state index in [0.29, 0.717) is 5.69 Å². The average Bonchev–Trinajstić information content (AvgIpc) is 2.50. The second-order valence-electron chi connectivity index (χ2n) is 5.28. The maximum absolute atomic E-state index is 12.1. The summed E-state index contributed by atoms with van der Waals surface area (Å²) in [6, 6.07) is 9.83. The minimum atomic E-state index is -0.994. The van der Waals surface area contributed by atoms with E-state index in [1.165, 1.54) is 25.1 Å². The summed E-state index contributed by atoms with van der Waals surface area (Å²) in [4.78, 5) is 37.6. The van der Waals surface area contributed by atoms with Gasteiger partial charge >= 0.3 is 5.97 Å². The predicted octanol–water partition coefficient (Wildman–Crippen LogP) is 2.18. The Morgan fingerprint density at radius 1 is 1.17 bits per heavy atom. The zero-order valence-electron chi connectivity index (χ0n) is 13.2. The first-order chi connectivity index (χ1) is 10.9. The van der Waals surface area contributed by atoms with E-state index in [0.717, 1.165) is 11.1 Å². The molecule has 23 heavy (non-hydrogen) atoms. The third-order valence-corrected chi connectivity index (χ3v) is 3.29. The summed E-state index contributed by atoms with van der Waals surface area (Å²) in [7, 11) is 0. The molecule has 0 aliphatic rings. The van der Waals surface area contributed by atoms with Gasteiger partial charge in [0, 0.05) is 11.8 Å². The number of benzene rings is 1. The molecule has 2 N–H and O–H groups in total. The van der Waals surface area contributed by atoms with Gasteiger partial charge in [0.25, 0.3) is 5.91 Å². The molecule has 0 saturated carbocycles. The molecule has 0 aliphatic carbocycles. The number of rotatable bonds is 4. The number of amides is 1. The molecule has 1 amide bonds.